The van der Waals surface area contributed by atoms with Crippen LogP contribution in [0.15, 0.2) is 146 Å². The third-order valence-electron chi connectivity index (χ3n) is 9.54. The van der Waals surface area contributed by atoms with Gasteiger partial charge in [-0.25, -0.2) is 0 Å². The van der Waals surface area contributed by atoms with Crippen LogP contribution in [0, 0.1) is 0 Å². The number of hydrogen-bond donors (Lipinski definition) is 0. The fourth-order valence-corrected chi connectivity index (χ4v) is 7.88. The molecule has 7 aromatic carbocycles. The Morgan fingerprint density at radius 2 is 0.953 bits per heavy atom. The zero-order chi connectivity index (χ0) is 28.1. The van der Waals surface area contributed by atoms with Gasteiger partial charge in [0.2, 0.25) is 0 Å². The van der Waals surface area contributed by atoms with Crippen LogP contribution in [0.4, 0.5) is 0 Å². The zero-order valence-corrected chi connectivity index (χ0v) is 23.2. The molecule has 1 spiro atoms. The summed E-state index contributed by atoms with van der Waals surface area (Å²) in [7, 11) is 0. The Kier molecular flexibility index (Phi) is 4.41. The number of rotatable bonds is 1. The first-order valence-corrected chi connectivity index (χ1v) is 14.8. The molecule has 3 aliphatic rings. The second-order valence-corrected chi connectivity index (χ2v) is 11.6. The van der Waals surface area contributed by atoms with Crippen molar-refractivity contribution in [1.29, 1.82) is 0 Å². The maximum absolute atomic E-state index is 6.51. The van der Waals surface area contributed by atoms with E-state index in [1.807, 2.05) is 0 Å². The molecular formula is C41H24O2. The first-order chi connectivity index (χ1) is 21.3. The van der Waals surface area contributed by atoms with Crippen molar-refractivity contribution in [2.45, 2.75) is 5.41 Å². The van der Waals surface area contributed by atoms with E-state index in [2.05, 4.69) is 146 Å². The molecule has 43 heavy (non-hydrogen) atoms. The van der Waals surface area contributed by atoms with Crippen LogP contribution in [0.1, 0.15) is 22.3 Å². The maximum Gasteiger partial charge on any atom is 0.135 e. The lowest BCUT2D eigenvalue weighted by molar-refractivity contribution is 0.436. The molecule has 0 bridgehead atoms. The van der Waals surface area contributed by atoms with Crippen molar-refractivity contribution in [3.05, 3.63) is 168 Å². The summed E-state index contributed by atoms with van der Waals surface area (Å²) >= 11 is 0. The average molecular weight is 549 g/mol. The molecule has 200 valence electrons. The molecular weight excluding hydrogens is 524 g/mol. The van der Waals surface area contributed by atoms with Crippen molar-refractivity contribution in [2.75, 3.05) is 0 Å². The van der Waals surface area contributed by atoms with E-state index in [-0.39, 0.29) is 0 Å². The highest BCUT2D eigenvalue weighted by atomic mass is 16.5. The van der Waals surface area contributed by atoms with Gasteiger partial charge in [0.05, 0.1) is 5.41 Å². The predicted octanol–water partition coefficient (Wildman–Crippen LogP) is 10.7. The summed E-state index contributed by atoms with van der Waals surface area (Å²) in [4.78, 5) is 0. The van der Waals surface area contributed by atoms with Crippen molar-refractivity contribution < 1.29 is 9.47 Å². The van der Waals surface area contributed by atoms with Gasteiger partial charge in [-0.2, -0.15) is 0 Å². The minimum atomic E-state index is -0.477. The average Bonchev–Trinajstić information content (AvgIpc) is 3.36. The van der Waals surface area contributed by atoms with E-state index in [9.17, 15) is 0 Å². The SMILES string of the molecule is c1ccc2c(c1)Oc1ccccc1C21c2ccccc2-c2c(-c3ccc4c(c3)-c3cccc5cccc(c35)O4)cccc21. The molecule has 0 amide bonds. The molecule has 2 aliphatic heterocycles. The molecule has 10 rings (SSSR count). The van der Waals surface area contributed by atoms with Gasteiger partial charge in [-0.1, -0.05) is 115 Å². The van der Waals surface area contributed by atoms with Gasteiger partial charge in [-0.05, 0) is 74.7 Å². The monoisotopic (exact) mass is 548 g/mol. The standard InChI is InChI=1S/C41H24O2/c1-2-15-31-29(12-1)40-27(26-22-23-35-30(24-26)28-14-7-10-25-11-8-21-38(42-35)39(25)28)13-9-18-34(40)41(31)32-16-3-5-19-36(32)43-37-20-6-4-17-33(37)41/h1-24H. The van der Waals surface area contributed by atoms with Gasteiger partial charge in [0.1, 0.15) is 23.0 Å². The number of para-hydroxylation sites is 2. The molecule has 0 aromatic heterocycles. The molecule has 2 heteroatoms. The number of ether oxygens (including phenoxy) is 2. The molecule has 2 nitrogen and oxygen atoms in total. The third-order valence-corrected chi connectivity index (χ3v) is 9.54. The fraction of sp³-hybridized carbons (Fsp3) is 0.0244. The summed E-state index contributed by atoms with van der Waals surface area (Å²) in [6.07, 6.45) is 0. The molecule has 0 saturated carbocycles. The Labute approximate surface area is 249 Å². The number of fused-ring (bicyclic) bond motifs is 11. The first-order valence-electron chi connectivity index (χ1n) is 14.8. The van der Waals surface area contributed by atoms with Crippen molar-refractivity contribution in [2.24, 2.45) is 0 Å². The van der Waals surface area contributed by atoms with Crippen LogP contribution < -0.4 is 9.47 Å². The summed E-state index contributed by atoms with van der Waals surface area (Å²) in [5.74, 6) is 3.63. The fourth-order valence-electron chi connectivity index (χ4n) is 7.88. The molecule has 7 aromatic rings. The van der Waals surface area contributed by atoms with E-state index in [1.165, 1.54) is 60.8 Å². The highest BCUT2D eigenvalue weighted by Crippen LogP contribution is 2.63. The van der Waals surface area contributed by atoms with Crippen LogP contribution in [0.25, 0.3) is 44.2 Å². The largest absolute Gasteiger partial charge is 0.457 e. The molecule has 1 aliphatic carbocycles. The van der Waals surface area contributed by atoms with Crippen molar-refractivity contribution in [3.63, 3.8) is 0 Å². The van der Waals surface area contributed by atoms with Gasteiger partial charge in [0.25, 0.3) is 0 Å². The summed E-state index contributed by atoms with van der Waals surface area (Å²) in [6, 6.07) is 52.2. The van der Waals surface area contributed by atoms with Crippen molar-refractivity contribution in [1.82, 2.24) is 0 Å². The van der Waals surface area contributed by atoms with Gasteiger partial charge in [0.15, 0.2) is 0 Å². The summed E-state index contributed by atoms with van der Waals surface area (Å²) in [5, 5.41) is 2.37. The Hall–Kier alpha value is -5.60. The van der Waals surface area contributed by atoms with E-state index in [1.54, 1.807) is 0 Å². The van der Waals surface area contributed by atoms with Crippen LogP contribution in [0.5, 0.6) is 23.0 Å². The van der Waals surface area contributed by atoms with E-state index >= 15 is 0 Å². The second kappa shape index (κ2) is 8.24. The lowest BCUT2D eigenvalue weighted by Crippen LogP contribution is -2.32. The molecule has 2 heterocycles. The molecule has 0 saturated heterocycles. The van der Waals surface area contributed by atoms with Gasteiger partial charge in [-0.3, -0.25) is 0 Å². The molecule has 0 fully saturated rings. The van der Waals surface area contributed by atoms with Crippen LogP contribution in [-0.4, -0.2) is 0 Å². The Bertz CT molecular complexity index is 2260. The van der Waals surface area contributed by atoms with E-state index in [0.29, 0.717) is 0 Å². The minimum Gasteiger partial charge on any atom is -0.457 e. The zero-order valence-electron chi connectivity index (χ0n) is 23.2. The van der Waals surface area contributed by atoms with Gasteiger partial charge in [0, 0.05) is 22.1 Å². The Balaban J connectivity index is 1.27. The van der Waals surface area contributed by atoms with Gasteiger partial charge < -0.3 is 9.47 Å². The highest BCUT2D eigenvalue weighted by Gasteiger charge is 2.51. The van der Waals surface area contributed by atoms with E-state index < -0.39 is 5.41 Å². The van der Waals surface area contributed by atoms with Gasteiger partial charge >= 0.3 is 0 Å². The summed E-state index contributed by atoms with van der Waals surface area (Å²) in [6.45, 7) is 0. The Morgan fingerprint density at radius 3 is 1.77 bits per heavy atom. The van der Waals surface area contributed by atoms with Gasteiger partial charge in [-0.15, -0.1) is 0 Å². The molecule has 0 N–H and O–H groups in total. The quantitative estimate of drug-likeness (QED) is 0.203. The predicted molar refractivity (Wildman–Crippen MR) is 172 cm³/mol. The minimum absolute atomic E-state index is 0.477. The van der Waals surface area contributed by atoms with E-state index in [0.717, 1.165) is 28.6 Å². The van der Waals surface area contributed by atoms with Crippen LogP contribution in [0.2, 0.25) is 0 Å². The lowest BCUT2D eigenvalue weighted by Gasteiger charge is -2.39. The smallest absolute Gasteiger partial charge is 0.135 e. The third kappa shape index (κ3) is 2.88. The lowest BCUT2D eigenvalue weighted by atomic mass is 9.66. The van der Waals surface area contributed by atoms with Crippen molar-refractivity contribution in [3.8, 4) is 56.4 Å². The number of hydrogen-bond acceptors (Lipinski definition) is 2. The summed E-state index contributed by atoms with van der Waals surface area (Å²) < 4.78 is 13.0. The van der Waals surface area contributed by atoms with Crippen LogP contribution in [0.3, 0.4) is 0 Å². The normalized spacial score (nSPS) is 14.1. The number of benzene rings is 7. The highest BCUT2D eigenvalue weighted by molar-refractivity contribution is 6.05. The Morgan fingerprint density at radius 1 is 0.372 bits per heavy atom. The first kappa shape index (κ1) is 23.0. The topological polar surface area (TPSA) is 18.5 Å². The van der Waals surface area contributed by atoms with Crippen LogP contribution >= 0.6 is 0 Å². The van der Waals surface area contributed by atoms with Crippen LogP contribution in [-0.2, 0) is 5.41 Å². The molecule has 0 atom stereocenters. The summed E-state index contributed by atoms with van der Waals surface area (Å²) in [5.41, 5.74) is 11.7. The molecule has 0 radical (unpaired) electrons. The second-order valence-electron chi connectivity index (χ2n) is 11.6. The van der Waals surface area contributed by atoms with Crippen molar-refractivity contribution >= 4 is 10.8 Å². The van der Waals surface area contributed by atoms with E-state index in [4.69, 9.17) is 9.47 Å². The maximum atomic E-state index is 6.51. The molecule has 0 unspecified atom stereocenters.